The van der Waals surface area contributed by atoms with Gasteiger partial charge in [-0.1, -0.05) is 56.1 Å². The molecule has 1 N–H and O–H groups in total. The summed E-state index contributed by atoms with van der Waals surface area (Å²) < 4.78 is 5.31. The second-order valence-corrected chi connectivity index (χ2v) is 7.68. The molecule has 2 amide bonds. The number of unbranched alkanes of at least 4 members (excludes halogenated alkanes) is 1. The van der Waals surface area contributed by atoms with E-state index in [-0.39, 0.29) is 18.2 Å². The lowest BCUT2D eigenvalue weighted by molar-refractivity contribution is -0.140. The van der Waals surface area contributed by atoms with E-state index in [1.165, 1.54) is 0 Å². The fourth-order valence-corrected chi connectivity index (χ4v) is 3.40. The molecule has 6 heteroatoms. The lowest BCUT2D eigenvalue weighted by Crippen LogP contribution is -2.49. The van der Waals surface area contributed by atoms with Gasteiger partial charge < -0.3 is 15.0 Å². The first kappa shape index (κ1) is 23.7. The number of carbonyl (C=O) groups is 2. The highest BCUT2D eigenvalue weighted by Crippen LogP contribution is 2.19. The van der Waals surface area contributed by atoms with Crippen molar-refractivity contribution in [3.8, 4) is 5.75 Å². The summed E-state index contributed by atoms with van der Waals surface area (Å²) in [5, 5.41) is 3.60. The van der Waals surface area contributed by atoms with Crippen molar-refractivity contribution in [3.63, 3.8) is 0 Å². The molecule has 0 spiro atoms. The molecule has 162 valence electrons. The van der Waals surface area contributed by atoms with Crippen LogP contribution in [0.15, 0.2) is 48.5 Å². The van der Waals surface area contributed by atoms with Crippen LogP contribution in [0.5, 0.6) is 5.75 Å². The maximum Gasteiger partial charge on any atom is 0.242 e. The summed E-state index contributed by atoms with van der Waals surface area (Å²) in [5.74, 6) is 0.508. The molecule has 0 saturated carbocycles. The fraction of sp³-hybridized carbons (Fsp3) is 0.417. The summed E-state index contributed by atoms with van der Waals surface area (Å²) >= 11 is 5.96. The van der Waals surface area contributed by atoms with Crippen LogP contribution in [-0.4, -0.2) is 36.4 Å². The third-order valence-electron chi connectivity index (χ3n) is 4.97. The average molecular weight is 431 g/mol. The van der Waals surface area contributed by atoms with Crippen LogP contribution in [0.1, 0.15) is 44.2 Å². The number of hydrogen-bond donors (Lipinski definition) is 1. The number of hydrogen-bond acceptors (Lipinski definition) is 3. The van der Waals surface area contributed by atoms with Crippen molar-refractivity contribution in [1.82, 2.24) is 10.2 Å². The molecule has 0 aromatic heterocycles. The van der Waals surface area contributed by atoms with Gasteiger partial charge in [-0.25, -0.2) is 0 Å². The van der Waals surface area contributed by atoms with Crippen LogP contribution in [0.25, 0.3) is 0 Å². The number of amides is 2. The maximum atomic E-state index is 13.3. The number of ether oxygens (including phenoxy) is 1. The number of methoxy groups -OCH3 is 1. The van der Waals surface area contributed by atoms with Crippen LogP contribution < -0.4 is 10.1 Å². The summed E-state index contributed by atoms with van der Waals surface area (Å²) in [6, 6.07) is 14.3. The summed E-state index contributed by atoms with van der Waals surface area (Å²) in [7, 11) is 1.61. The molecular formula is C24H31ClN2O3. The Morgan fingerprint density at radius 3 is 2.47 bits per heavy atom. The zero-order chi connectivity index (χ0) is 21.9. The number of benzene rings is 2. The Hall–Kier alpha value is -2.53. The predicted octanol–water partition coefficient (Wildman–Crippen LogP) is 4.61. The number of rotatable bonds is 11. The van der Waals surface area contributed by atoms with Gasteiger partial charge in [0.25, 0.3) is 0 Å². The van der Waals surface area contributed by atoms with Crippen molar-refractivity contribution < 1.29 is 14.3 Å². The molecule has 2 aromatic carbocycles. The Morgan fingerprint density at radius 1 is 1.10 bits per heavy atom. The van der Waals surface area contributed by atoms with Gasteiger partial charge in [-0.3, -0.25) is 9.59 Å². The van der Waals surface area contributed by atoms with Crippen LogP contribution in [0.2, 0.25) is 5.02 Å². The molecule has 0 aliphatic rings. The largest absolute Gasteiger partial charge is 0.497 e. The zero-order valence-electron chi connectivity index (χ0n) is 18.0. The topological polar surface area (TPSA) is 58.6 Å². The van der Waals surface area contributed by atoms with Gasteiger partial charge in [0.15, 0.2) is 0 Å². The SMILES string of the molecule is CCCCNC(=O)[C@H](CC)N(Cc1cccc(OC)c1)C(=O)Cc1ccc(Cl)cc1. The van der Waals surface area contributed by atoms with Crippen molar-refractivity contribution in [2.45, 2.75) is 52.1 Å². The van der Waals surface area contributed by atoms with Crippen molar-refractivity contribution in [2.75, 3.05) is 13.7 Å². The molecule has 0 aliphatic heterocycles. The lowest BCUT2D eigenvalue weighted by atomic mass is 10.1. The van der Waals surface area contributed by atoms with E-state index in [1.54, 1.807) is 24.1 Å². The first-order valence-corrected chi connectivity index (χ1v) is 10.8. The fourth-order valence-electron chi connectivity index (χ4n) is 3.27. The Kier molecular flexibility index (Phi) is 9.68. The van der Waals surface area contributed by atoms with Crippen molar-refractivity contribution >= 4 is 23.4 Å². The molecule has 0 aliphatic carbocycles. The minimum Gasteiger partial charge on any atom is -0.497 e. The Bertz CT molecular complexity index is 823. The average Bonchev–Trinajstić information content (AvgIpc) is 2.75. The minimum absolute atomic E-state index is 0.0994. The van der Waals surface area contributed by atoms with E-state index < -0.39 is 6.04 Å². The molecule has 5 nitrogen and oxygen atoms in total. The van der Waals surface area contributed by atoms with E-state index in [4.69, 9.17) is 16.3 Å². The van der Waals surface area contributed by atoms with E-state index in [1.807, 2.05) is 43.3 Å². The Balaban J connectivity index is 2.25. The Labute approximate surface area is 184 Å². The third-order valence-corrected chi connectivity index (χ3v) is 5.22. The van der Waals surface area contributed by atoms with Crippen LogP contribution in [0.3, 0.4) is 0 Å². The molecule has 2 rings (SSSR count). The number of nitrogens with zero attached hydrogens (tertiary/aromatic N) is 1. The molecular weight excluding hydrogens is 400 g/mol. The highest BCUT2D eigenvalue weighted by Gasteiger charge is 2.28. The standard InChI is InChI=1S/C24H31ClN2O3/c1-4-6-14-26-24(29)22(5-2)27(17-19-8-7-9-21(15-19)30-3)23(28)16-18-10-12-20(25)13-11-18/h7-13,15,22H,4-6,14,16-17H2,1-3H3,(H,26,29)/t22-/m0/s1. The highest BCUT2D eigenvalue weighted by molar-refractivity contribution is 6.30. The molecule has 0 unspecified atom stereocenters. The van der Waals surface area contributed by atoms with Gasteiger partial charge in [-0.15, -0.1) is 0 Å². The van der Waals surface area contributed by atoms with E-state index in [0.29, 0.717) is 24.5 Å². The number of halogens is 1. The van der Waals surface area contributed by atoms with Gasteiger partial charge in [0.2, 0.25) is 11.8 Å². The van der Waals surface area contributed by atoms with E-state index in [2.05, 4.69) is 12.2 Å². The molecule has 2 aromatic rings. The first-order valence-electron chi connectivity index (χ1n) is 10.4. The highest BCUT2D eigenvalue weighted by atomic mass is 35.5. The number of nitrogens with one attached hydrogen (secondary N) is 1. The van der Waals surface area contributed by atoms with Gasteiger partial charge in [0.1, 0.15) is 11.8 Å². The summed E-state index contributed by atoms with van der Waals surface area (Å²) in [4.78, 5) is 27.8. The zero-order valence-corrected chi connectivity index (χ0v) is 18.7. The molecule has 0 heterocycles. The molecule has 0 bridgehead atoms. The monoisotopic (exact) mass is 430 g/mol. The van der Waals surface area contributed by atoms with Crippen molar-refractivity contribution in [1.29, 1.82) is 0 Å². The predicted molar refractivity (Wildman–Crippen MR) is 121 cm³/mol. The number of carbonyl (C=O) groups excluding carboxylic acids is 2. The van der Waals surface area contributed by atoms with Crippen LogP contribution >= 0.6 is 11.6 Å². The smallest absolute Gasteiger partial charge is 0.242 e. The van der Waals surface area contributed by atoms with Gasteiger partial charge in [-0.2, -0.15) is 0 Å². The second-order valence-electron chi connectivity index (χ2n) is 7.25. The lowest BCUT2D eigenvalue weighted by Gasteiger charge is -2.31. The third kappa shape index (κ3) is 7.06. The molecule has 30 heavy (non-hydrogen) atoms. The van der Waals surface area contributed by atoms with Crippen LogP contribution in [0.4, 0.5) is 0 Å². The molecule has 0 saturated heterocycles. The van der Waals surface area contributed by atoms with Crippen LogP contribution in [0, 0.1) is 0 Å². The van der Waals surface area contributed by atoms with E-state index >= 15 is 0 Å². The van der Waals surface area contributed by atoms with Crippen molar-refractivity contribution in [2.24, 2.45) is 0 Å². The van der Waals surface area contributed by atoms with Gasteiger partial charge >= 0.3 is 0 Å². The summed E-state index contributed by atoms with van der Waals surface area (Å²) in [6.07, 6.45) is 2.66. The van der Waals surface area contributed by atoms with Crippen LogP contribution in [-0.2, 0) is 22.6 Å². The minimum atomic E-state index is -0.534. The molecule has 0 fully saturated rings. The van der Waals surface area contributed by atoms with E-state index in [0.717, 1.165) is 29.7 Å². The quantitative estimate of drug-likeness (QED) is 0.529. The molecule has 1 atom stereocenters. The van der Waals surface area contributed by atoms with Gasteiger partial charge in [-0.05, 0) is 48.2 Å². The maximum absolute atomic E-state index is 13.3. The summed E-state index contributed by atoms with van der Waals surface area (Å²) in [6.45, 7) is 4.96. The summed E-state index contributed by atoms with van der Waals surface area (Å²) in [5.41, 5.74) is 1.78. The normalized spacial score (nSPS) is 11.6. The van der Waals surface area contributed by atoms with Gasteiger partial charge in [0.05, 0.1) is 13.5 Å². The van der Waals surface area contributed by atoms with E-state index in [9.17, 15) is 9.59 Å². The Morgan fingerprint density at radius 2 is 1.83 bits per heavy atom. The second kappa shape index (κ2) is 12.2. The van der Waals surface area contributed by atoms with Gasteiger partial charge in [0, 0.05) is 18.1 Å². The molecule has 0 radical (unpaired) electrons. The first-order chi connectivity index (χ1) is 14.5. The van der Waals surface area contributed by atoms with Crippen molar-refractivity contribution in [3.05, 3.63) is 64.7 Å².